The Labute approximate surface area is 122 Å². The molecule has 0 aliphatic heterocycles. The van der Waals surface area contributed by atoms with E-state index >= 15 is 0 Å². The fraction of sp³-hybridized carbons (Fsp3) is 0.231. The summed E-state index contributed by atoms with van der Waals surface area (Å²) in [6.07, 6.45) is 2.17. The molecule has 106 valence electrons. The molecular formula is C13H16ClN5O. The standard InChI is InChI=1S/C13H16ClN5O/c1-3-9-12(16-7-17-13(9)19-15)18-10-6-8(14)4-5-11(10)20-2/h4-7H,3,15H2,1-2H3,(H2,16,17,18,19). The highest BCUT2D eigenvalue weighted by molar-refractivity contribution is 6.31. The molecule has 0 aliphatic rings. The van der Waals surface area contributed by atoms with Crippen LogP contribution in [0.1, 0.15) is 12.5 Å². The lowest BCUT2D eigenvalue weighted by molar-refractivity contribution is 0.417. The van der Waals surface area contributed by atoms with Gasteiger partial charge in [-0.2, -0.15) is 0 Å². The van der Waals surface area contributed by atoms with Crippen LogP contribution >= 0.6 is 11.6 Å². The van der Waals surface area contributed by atoms with Gasteiger partial charge in [0.25, 0.3) is 0 Å². The summed E-state index contributed by atoms with van der Waals surface area (Å²) in [5.74, 6) is 7.38. The molecule has 4 N–H and O–H groups in total. The van der Waals surface area contributed by atoms with Crippen LogP contribution in [0.2, 0.25) is 5.02 Å². The minimum Gasteiger partial charge on any atom is -0.495 e. The van der Waals surface area contributed by atoms with E-state index in [1.54, 1.807) is 25.3 Å². The van der Waals surface area contributed by atoms with Crippen LogP contribution in [-0.4, -0.2) is 17.1 Å². The van der Waals surface area contributed by atoms with Crippen LogP contribution in [0.25, 0.3) is 0 Å². The van der Waals surface area contributed by atoms with Gasteiger partial charge < -0.3 is 15.5 Å². The van der Waals surface area contributed by atoms with Crippen LogP contribution in [0.5, 0.6) is 5.75 Å². The van der Waals surface area contributed by atoms with E-state index in [9.17, 15) is 0 Å². The highest BCUT2D eigenvalue weighted by Crippen LogP contribution is 2.31. The number of nitrogen functional groups attached to an aromatic ring is 1. The molecule has 0 amide bonds. The first-order chi connectivity index (χ1) is 9.69. The van der Waals surface area contributed by atoms with Gasteiger partial charge in [0.1, 0.15) is 23.7 Å². The topological polar surface area (TPSA) is 85.1 Å². The predicted molar refractivity (Wildman–Crippen MR) is 80.5 cm³/mol. The Morgan fingerprint density at radius 1 is 1.30 bits per heavy atom. The van der Waals surface area contributed by atoms with Crippen LogP contribution in [0.3, 0.4) is 0 Å². The zero-order valence-corrected chi connectivity index (χ0v) is 12.0. The fourth-order valence-corrected chi connectivity index (χ4v) is 2.06. The number of anilines is 3. The summed E-state index contributed by atoms with van der Waals surface area (Å²) in [6, 6.07) is 5.33. The predicted octanol–water partition coefficient (Wildman–Crippen LogP) is 2.73. The number of methoxy groups -OCH3 is 1. The van der Waals surface area contributed by atoms with Crippen molar-refractivity contribution in [2.24, 2.45) is 5.84 Å². The van der Waals surface area contributed by atoms with Crippen molar-refractivity contribution in [1.82, 2.24) is 9.97 Å². The van der Waals surface area contributed by atoms with Crippen LogP contribution in [0.4, 0.5) is 17.3 Å². The summed E-state index contributed by atoms with van der Waals surface area (Å²) in [5, 5.41) is 3.81. The van der Waals surface area contributed by atoms with Crippen molar-refractivity contribution in [2.75, 3.05) is 17.9 Å². The van der Waals surface area contributed by atoms with Gasteiger partial charge in [0.15, 0.2) is 0 Å². The van der Waals surface area contributed by atoms with Crippen molar-refractivity contribution in [1.29, 1.82) is 0 Å². The van der Waals surface area contributed by atoms with Gasteiger partial charge >= 0.3 is 0 Å². The molecule has 20 heavy (non-hydrogen) atoms. The second kappa shape index (κ2) is 6.40. The van der Waals surface area contributed by atoms with Gasteiger partial charge in [0.2, 0.25) is 0 Å². The molecule has 0 radical (unpaired) electrons. The zero-order valence-electron chi connectivity index (χ0n) is 11.3. The van der Waals surface area contributed by atoms with Gasteiger partial charge in [-0.1, -0.05) is 18.5 Å². The number of halogens is 1. The van der Waals surface area contributed by atoms with Crippen LogP contribution in [0.15, 0.2) is 24.5 Å². The number of nitrogens with zero attached hydrogens (tertiary/aromatic N) is 2. The Kier molecular flexibility index (Phi) is 4.60. The maximum Gasteiger partial charge on any atom is 0.148 e. The van der Waals surface area contributed by atoms with E-state index in [4.69, 9.17) is 22.2 Å². The summed E-state index contributed by atoms with van der Waals surface area (Å²) in [4.78, 5) is 8.33. The molecule has 1 aromatic heterocycles. The molecule has 0 saturated heterocycles. The number of hydrogen-bond acceptors (Lipinski definition) is 6. The number of nitrogens with two attached hydrogens (primary N) is 1. The number of nitrogens with one attached hydrogen (secondary N) is 2. The maximum atomic E-state index is 6.01. The summed E-state index contributed by atoms with van der Waals surface area (Å²) in [5.41, 5.74) is 4.18. The van der Waals surface area contributed by atoms with Gasteiger partial charge in [0.05, 0.1) is 12.8 Å². The number of benzene rings is 1. The number of hydrazine groups is 1. The largest absolute Gasteiger partial charge is 0.495 e. The summed E-state index contributed by atoms with van der Waals surface area (Å²) < 4.78 is 5.30. The Morgan fingerprint density at radius 3 is 2.70 bits per heavy atom. The third-order valence-corrected chi connectivity index (χ3v) is 3.09. The molecule has 0 aliphatic carbocycles. The van der Waals surface area contributed by atoms with E-state index in [1.807, 2.05) is 6.92 Å². The maximum absolute atomic E-state index is 6.01. The normalized spacial score (nSPS) is 10.2. The lowest BCUT2D eigenvalue weighted by Crippen LogP contribution is -2.13. The highest BCUT2D eigenvalue weighted by atomic mass is 35.5. The molecule has 1 heterocycles. The van der Waals surface area contributed by atoms with Crippen molar-refractivity contribution in [3.63, 3.8) is 0 Å². The molecule has 0 bridgehead atoms. The van der Waals surface area contributed by atoms with Gasteiger partial charge in [0, 0.05) is 10.6 Å². The summed E-state index contributed by atoms with van der Waals surface area (Å²) in [7, 11) is 1.60. The van der Waals surface area contributed by atoms with Crippen molar-refractivity contribution >= 4 is 28.9 Å². The van der Waals surface area contributed by atoms with E-state index in [1.165, 1.54) is 6.33 Å². The first kappa shape index (κ1) is 14.4. The second-order valence-corrected chi connectivity index (χ2v) is 4.45. The number of hydrogen-bond donors (Lipinski definition) is 3. The first-order valence-electron chi connectivity index (χ1n) is 6.10. The number of rotatable bonds is 5. The van der Waals surface area contributed by atoms with E-state index in [2.05, 4.69) is 20.7 Å². The third-order valence-electron chi connectivity index (χ3n) is 2.85. The van der Waals surface area contributed by atoms with Crippen molar-refractivity contribution in [2.45, 2.75) is 13.3 Å². The average molecular weight is 294 g/mol. The van der Waals surface area contributed by atoms with Crippen molar-refractivity contribution in [3.05, 3.63) is 35.1 Å². The van der Waals surface area contributed by atoms with Crippen LogP contribution in [0, 0.1) is 0 Å². The summed E-state index contributed by atoms with van der Waals surface area (Å²) >= 11 is 6.01. The van der Waals surface area contributed by atoms with E-state index in [0.29, 0.717) is 22.4 Å². The Bertz CT molecular complexity index is 605. The highest BCUT2D eigenvalue weighted by Gasteiger charge is 2.11. The van der Waals surface area contributed by atoms with Crippen molar-refractivity contribution in [3.8, 4) is 5.75 Å². The Hall–Kier alpha value is -2.05. The SMILES string of the molecule is CCc1c(NN)ncnc1Nc1cc(Cl)ccc1OC. The van der Waals surface area contributed by atoms with E-state index in [-0.39, 0.29) is 0 Å². The molecule has 7 heteroatoms. The third kappa shape index (κ3) is 2.92. The van der Waals surface area contributed by atoms with E-state index in [0.717, 1.165) is 17.7 Å². The Morgan fingerprint density at radius 2 is 2.05 bits per heavy atom. The zero-order chi connectivity index (χ0) is 14.5. The number of aromatic nitrogens is 2. The molecular weight excluding hydrogens is 278 g/mol. The smallest absolute Gasteiger partial charge is 0.148 e. The second-order valence-electron chi connectivity index (χ2n) is 4.02. The molecule has 2 aromatic rings. The minimum atomic E-state index is 0.589. The quantitative estimate of drug-likeness (QED) is 0.580. The van der Waals surface area contributed by atoms with Crippen LogP contribution in [-0.2, 0) is 6.42 Å². The molecule has 0 unspecified atom stereocenters. The molecule has 0 atom stereocenters. The molecule has 0 saturated carbocycles. The van der Waals surface area contributed by atoms with E-state index < -0.39 is 0 Å². The van der Waals surface area contributed by atoms with Gasteiger partial charge in [-0.15, -0.1) is 0 Å². The number of ether oxygens (including phenoxy) is 1. The molecule has 0 spiro atoms. The van der Waals surface area contributed by atoms with Gasteiger partial charge in [-0.3, -0.25) is 0 Å². The molecule has 2 rings (SSSR count). The lowest BCUT2D eigenvalue weighted by atomic mass is 10.2. The lowest BCUT2D eigenvalue weighted by Gasteiger charge is -2.15. The Balaban J connectivity index is 2.42. The van der Waals surface area contributed by atoms with Crippen molar-refractivity contribution < 1.29 is 4.74 Å². The fourth-order valence-electron chi connectivity index (χ4n) is 1.88. The average Bonchev–Trinajstić information content (AvgIpc) is 2.47. The van der Waals surface area contributed by atoms with Crippen LogP contribution < -0.4 is 21.3 Å². The first-order valence-corrected chi connectivity index (χ1v) is 6.48. The molecule has 1 aromatic carbocycles. The minimum absolute atomic E-state index is 0.589. The monoisotopic (exact) mass is 293 g/mol. The molecule has 0 fully saturated rings. The summed E-state index contributed by atoms with van der Waals surface area (Å²) in [6.45, 7) is 2.00. The molecule has 6 nitrogen and oxygen atoms in total. The van der Waals surface area contributed by atoms with Gasteiger partial charge in [-0.05, 0) is 24.6 Å². The van der Waals surface area contributed by atoms with Gasteiger partial charge in [-0.25, -0.2) is 15.8 Å².